The van der Waals surface area contributed by atoms with Crippen LogP contribution < -0.4 is 10.2 Å². The highest BCUT2D eigenvalue weighted by atomic mass is 16.1. The first-order chi connectivity index (χ1) is 8.04. The lowest BCUT2D eigenvalue weighted by Gasteiger charge is -2.15. The summed E-state index contributed by atoms with van der Waals surface area (Å²) in [6.45, 7) is 1.90. The molecule has 3 nitrogen and oxygen atoms in total. The molecular formula is C14H18N2O. The second-order valence-corrected chi connectivity index (χ2v) is 4.23. The van der Waals surface area contributed by atoms with Gasteiger partial charge in [-0.05, 0) is 25.1 Å². The molecule has 1 aromatic carbocycles. The number of hydrogen-bond acceptors (Lipinski definition) is 2. The minimum absolute atomic E-state index is 0.00416. The van der Waals surface area contributed by atoms with Crippen molar-refractivity contribution < 1.29 is 4.79 Å². The van der Waals surface area contributed by atoms with Crippen LogP contribution >= 0.6 is 0 Å². The highest BCUT2D eigenvalue weighted by Gasteiger charge is 2.09. The summed E-state index contributed by atoms with van der Waals surface area (Å²) in [5.74, 6) is 2.44. The van der Waals surface area contributed by atoms with Crippen LogP contribution in [0.1, 0.15) is 23.7 Å². The Kier molecular flexibility index (Phi) is 4.59. The Balaban J connectivity index is 2.76. The molecule has 1 atom stereocenters. The van der Waals surface area contributed by atoms with Gasteiger partial charge in [-0.3, -0.25) is 4.79 Å². The summed E-state index contributed by atoms with van der Waals surface area (Å²) in [7, 11) is 3.88. The van der Waals surface area contributed by atoms with Crippen molar-refractivity contribution in [3.8, 4) is 12.3 Å². The maximum atomic E-state index is 11.9. The van der Waals surface area contributed by atoms with Crippen LogP contribution in [-0.2, 0) is 0 Å². The fraction of sp³-hybridized carbons (Fsp3) is 0.357. The number of amides is 1. The van der Waals surface area contributed by atoms with Gasteiger partial charge in [0.1, 0.15) is 0 Å². The molecule has 0 radical (unpaired) electrons. The highest BCUT2D eigenvalue weighted by molar-refractivity contribution is 5.95. The zero-order chi connectivity index (χ0) is 12.8. The van der Waals surface area contributed by atoms with Crippen LogP contribution in [0.25, 0.3) is 0 Å². The molecule has 0 spiro atoms. The largest absolute Gasteiger partial charge is 0.378 e. The van der Waals surface area contributed by atoms with E-state index in [4.69, 9.17) is 6.42 Å². The number of rotatable bonds is 4. The van der Waals surface area contributed by atoms with E-state index in [1.54, 1.807) is 6.07 Å². The second-order valence-electron chi connectivity index (χ2n) is 4.23. The van der Waals surface area contributed by atoms with E-state index in [9.17, 15) is 4.79 Å². The summed E-state index contributed by atoms with van der Waals surface area (Å²) >= 11 is 0. The van der Waals surface area contributed by atoms with E-state index in [1.165, 1.54) is 0 Å². The summed E-state index contributed by atoms with van der Waals surface area (Å²) in [4.78, 5) is 13.9. The van der Waals surface area contributed by atoms with Crippen LogP contribution in [0.4, 0.5) is 5.69 Å². The third-order valence-electron chi connectivity index (χ3n) is 2.43. The Morgan fingerprint density at radius 1 is 1.53 bits per heavy atom. The standard InChI is InChI=1S/C14H18N2O/c1-5-7-11(2)15-14(17)12-8-6-9-13(10-12)16(3)4/h1,6,8-11H,7H2,2-4H3,(H,15,17). The molecule has 1 rings (SSSR count). The first kappa shape index (κ1) is 13.1. The molecule has 0 saturated heterocycles. The van der Waals surface area contributed by atoms with Crippen molar-refractivity contribution >= 4 is 11.6 Å². The molecule has 0 aromatic heterocycles. The Hall–Kier alpha value is -1.95. The molecular weight excluding hydrogens is 212 g/mol. The molecule has 0 aliphatic carbocycles. The number of nitrogens with one attached hydrogen (secondary N) is 1. The lowest BCUT2D eigenvalue weighted by molar-refractivity contribution is 0.0941. The molecule has 3 heteroatoms. The maximum absolute atomic E-state index is 11.9. The quantitative estimate of drug-likeness (QED) is 0.801. The lowest BCUT2D eigenvalue weighted by atomic mass is 10.1. The molecule has 0 saturated carbocycles. The van der Waals surface area contributed by atoms with Gasteiger partial charge in [-0.1, -0.05) is 6.07 Å². The fourth-order valence-electron chi connectivity index (χ4n) is 1.46. The summed E-state index contributed by atoms with van der Waals surface area (Å²) in [6, 6.07) is 7.48. The van der Waals surface area contributed by atoms with Crippen LogP contribution in [0, 0.1) is 12.3 Å². The summed E-state index contributed by atoms with van der Waals surface area (Å²) < 4.78 is 0. The Labute approximate surface area is 103 Å². The predicted molar refractivity (Wildman–Crippen MR) is 71.1 cm³/mol. The minimum Gasteiger partial charge on any atom is -0.378 e. The van der Waals surface area contributed by atoms with Crippen molar-refractivity contribution in [1.82, 2.24) is 5.32 Å². The summed E-state index contributed by atoms with van der Waals surface area (Å²) in [5, 5.41) is 2.86. The summed E-state index contributed by atoms with van der Waals surface area (Å²) in [5.41, 5.74) is 1.65. The van der Waals surface area contributed by atoms with Crippen molar-refractivity contribution in [3.05, 3.63) is 29.8 Å². The normalized spacial score (nSPS) is 11.4. The zero-order valence-electron chi connectivity index (χ0n) is 10.5. The third-order valence-corrected chi connectivity index (χ3v) is 2.43. The molecule has 0 heterocycles. The van der Waals surface area contributed by atoms with E-state index in [0.717, 1.165) is 5.69 Å². The molecule has 1 amide bonds. The molecule has 1 unspecified atom stereocenters. The van der Waals surface area contributed by atoms with E-state index < -0.39 is 0 Å². The minimum atomic E-state index is -0.0866. The van der Waals surface area contributed by atoms with E-state index in [2.05, 4.69) is 11.2 Å². The molecule has 0 bridgehead atoms. The SMILES string of the molecule is C#CCC(C)NC(=O)c1cccc(N(C)C)c1. The molecule has 0 aliphatic rings. The predicted octanol–water partition coefficient (Wildman–Crippen LogP) is 1.89. The number of benzene rings is 1. The van der Waals surface area contributed by atoms with Gasteiger partial charge >= 0.3 is 0 Å². The first-order valence-corrected chi connectivity index (χ1v) is 5.56. The van der Waals surface area contributed by atoms with Gasteiger partial charge in [0.15, 0.2) is 0 Å². The van der Waals surface area contributed by atoms with Crippen molar-refractivity contribution in [3.63, 3.8) is 0 Å². The van der Waals surface area contributed by atoms with Gasteiger partial charge in [0.05, 0.1) is 0 Å². The summed E-state index contributed by atoms with van der Waals surface area (Å²) in [6.07, 6.45) is 5.74. The Morgan fingerprint density at radius 2 is 2.24 bits per heavy atom. The average Bonchev–Trinajstić information content (AvgIpc) is 2.29. The van der Waals surface area contributed by atoms with Crippen molar-refractivity contribution in [2.24, 2.45) is 0 Å². The molecule has 90 valence electrons. The highest BCUT2D eigenvalue weighted by Crippen LogP contribution is 2.13. The average molecular weight is 230 g/mol. The van der Waals surface area contributed by atoms with Crippen LogP contribution in [-0.4, -0.2) is 26.0 Å². The first-order valence-electron chi connectivity index (χ1n) is 5.56. The Morgan fingerprint density at radius 3 is 2.82 bits per heavy atom. The van der Waals surface area contributed by atoms with Crippen LogP contribution in [0.5, 0.6) is 0 Å². The van der Waals surface area contributed by atoms with Gasteiger partial charge < -0.3 is 10.2 Å². The van der Waals surface area contributed by atoms with Gasteiger partial charge in [-0.25, -0.2) is 0 Å². The number of terminal acetylenes is 1. The smallest absolute Gasteiger partial charge is 0.251 e. The van der Waals surface area contributed by atoms with Crippen LogP contribution in [0.3, 0.4) is 0 Å². The van der Waals surface area contributed by atoms with Gasteiger partial charge in [0.25, 0.3) is 5.91 Å². The lowest BCUT2D eigenvalue weighted by Crippen LogP contribution is -2.32. The topological polar surface area (TPSA) is 32.3 Å². The molecule has 17 heavy (non-hydrogen) atoms. The van der Waals surface area contributed by atoms with E-state index in [-0.39, 0.29) is 11.9 Å². The molecule has 0 aliphatic heterocycles. The number of nitrogens with zero attached hydrogens (tertiary/aromatic N) is 1. The fourth-order valence-corrected chi connectivity index (χ4v) is 1.46. The molecule has 0 fully saturated rings. The number of carbonyl (C=O) groups is 1. The maximum Gasteiger partial charge on any atom is 0.251 e. The second kappa shape index (κ2) is 5.95. The van der Waals surface area contributed by atoms with Gasteiger partial charge in [-0.15, -0.1) is 12.3 Å². The third kappa shape index (κ3) is 3.84. The van der Waals surface area contributed by atoms with Gasteiger partial charge in [0.2, 0.25) is 0 Å². The molecule has 1 aromatic rings. The van der Waals surface area contributed by atoms with Crippen LogP contribution in [0.15, 0.2) is 24.3 Å². The van der Waals surface area contributed by atoms with Crippen molar-refractivity contribution in [2.75, 3.05) is 19.0 Å². The number of carbonyl (C=O) groups excluding carboxylic acids is 1. The van der Waals surface area contributed by atoms with E-state index >= 15 is 0 Å². The molecule has 1 N–H and O–H groups in total. The number of hydrogen-bond donors (Lipinski definition) is 1. The Bertz CT molecular complexity index is 432. The van der Waals surface area contributed by atoms with E-state index in [0.29, 0.717) is 12.0 Å². The van der Waals surface area contributed by atoms with Crippen LogP contribution in [0.2, 0.25) is 0 Å². The van der Waals surface area contributed by atoms with Crippen molar-refractivity contribution in [1.29, 1.82) is 0 Å². The number of anilines is 1. The van der Waals surface area contributed by atoms with Gasteiger partial charge in [0, 0.05) is 37.8 Å². The zero-order valence-corrected chi connectivity index (χ0v) is 10.5. The monoisotopic (exact) mass is 230 g/mol. The van der Waals surface area contributed by atoms with Crippen molar-refractivity contribution in [2.45, 2.75) is 19.4 Å². The van der Waals surface area contributed by atoms with Gasteiger partial charge in [-0.2, -0.15) is 0 Å². The van der Waals surface area contributed by atoms with E-state index in [1.807, 2.05) is 44.1 Å².